The molecule has 2 fully saturated rings. The summed E-state index contributed by atoms with van der Waals surface area (Å²) in [5.74, 6) is 1.18. The quantitative estimate of drug-likeness (QED) is 0.425. The summed E-state index contributed by atoms with van der Waals surface area (Å²) in [6.07, 6.45) is 3.63. The number of carbonyl (C=O) groups excluding carboxylic acids is 1. The van der Waals surface area contributed by atoms with Crippen LogP contribution in [0.1, 0.15) is 32.7 Å². The molecular formula is C17H21IN6O. The van der Waals surface area contributed by atoms with Gasteiger partial charge in [0.2, 0.25) is 5.91 Å². The van der Waals surface area contributed by atoms with Gasteiger partial charge in [-0.1, -0.05) is 11.1 Å². The fraction of sp³-hybridized carbons (Fsp3) is 0.529. The van der Waals surface area contributed by atoms with Crippen molar-refractivity contribution in [3.05, 3.63) is 21.3 Å². The van der Waals surface area contributed by atoms with Crippen LogP contribution in [-0.2, 0) is 4.79 Å². The van der Waals surface area contributed by atoms with Gasteiger partial charge in [0, 0.05) is 42.7 Å². The lowest BCUT2D eigenvalue weighted by atomic mass is 9.92. The van der Waals surface area contributed by atoms with Crippen LogP contribution in [0, 0.1) is 15.2 Å². The van der Waals surface area contributed by atoms with Crippen molar-refractivity contribution < 1.29 is 4.79 Å². The number of aromatic nitrogens is 4. The lowest BCUT2D eigenvalue weighted by Gasteiger charge is -2.17. The third-order valence-corrected chi connectivity index (χ3v) is 6.14. The largest absolute Gasteiger partial charge is 0.371 e. The normalized spacial score (nSPS) is 27.3. The highest BCUT2D eigenvalue weighted by atomic mass is 127. The minimum atomic E-state index is -0.332. The number of nitrogens with zero attached hydrogens (tertiary/aromatic N) is 4. The van der Waals surface area contributed by atoms with Crippen molar-refractivity contribution in [3.63, 3.8) is 0 Å². The molecule has 2 N–H and O–H groups in total. The molecule has 2 saturated carbocycles. The lowest BCUT2D eigenvalue weighted by Crippen LogP contribution is -2.30. The fourth-order valence-corrected chi connectivity index (χ4v) is 4.97. The molecule has 0 unspecified atom stereocenters. The van der Waals surface area contributed by atoms with Crippen LogP contribution < -0.4 is 10.6 Å². The van der Waals surface area contributed by atoms with Crippen molar-refractivity contribution in [1.29, 1.82) is 0 Å². The highest BCUT2D eigenvalue weighted by molar-refractivity contribution is 14.1. The summed E-state index contributed by atoms with van der Waals surface area (Å²) in [5.41, 5.74) is 3.81. The van der Waals surface area contributed by atoms with Gasteiger partial charge in [-0.2, -0.15) is 0 Å². The number of imidazole rings is 1. The average Bonchev–Trinajstić information content (AvgIpc) is 3.04. The first-order valence-electron chi connectivity index (χ1n) is 8.40. The number of anilines is 1. The molecule has 2 aromatic rings. The number of rotatable bonds is 3. The molecule has 2 heterocycles. The van der Waals surface area contributed by atoms with Crippen LogP contribution in [0.2, 0.25) is 0 Å². The van der Waals surface area contributed by atoms with Gasteiger partial charge in [-0.3, -0.25) is 4.79 Å². The fourth-order valence-electron chi connectivity index (χ4n) is 4.50. The van der Waals surface area contributed by atoms with Crippen LogP contribution >= 0.6 is 22.6 Å². The minimum Gasteiger partial charge on any atom is -0.371 e. The summed E-state index contributed by atoms with van der Waals surface area (Å²) in [7, 11) is 3.56. The molecule has 0 aromatic carbocycles. The summed E-state index contributed by atoms with van der Waals surface area (Å²) >= 11 is 2.13. The lowest BCUT2D eigenvalue weighted by molar-refractivity contribution is -0.124. The van der Waals surface area contributed by atoms with Crippen molar-refractivity contribution in [1.82, 2.24) is 24.8 Å². The van der Waals surface area contributed by atoms with Gasteiger partial charge >= 0.3 is 0 Å². The highest BCUT2D eigenvalue weighted by Gasteiger charge is 2.69. The molecule has 0 aliphatic heterocycles. The van der Waals surface area contributed by atoms with Crippen molar-refractivity contribution in [3.8, 4) is 0 Å². The first-order chi connectivity index (χ1) is 11.9. The molecule has 3 atom stereocenters. The Balaban J connectivity index is 1.83. The zero-order valence-corrected chi connectivity index (χ0v) is 16.9. The number of nitrogens with one attached hydrogen (secondary N) is 2. The molecule has 0 bridgehead atoms. The Bertz CT molecular complexity index is 915. The molecule has 4 rings (SSSR count). The number of fused-ring (bicyclic) bond motifs is 2. The smallest absolute Gasteiger partial charge is 0.230 e. The summed E-state index contributed by atoms with van der Waals surface area (Å²) in [5, 5.41) is 5.96. The molecular weight excluding hydrogens is 431 g/mol. The Kier molecular flexibility index (Phi) is 3.78. The van der Waals surface area contributed by atoms with E-state index >= 15 is 0 Å². The Labute approximate surface area is 159 Å². The van der Waals surface area contributed by atoms with Crippen molar-refractivity contribution >= 4 is 45.5 Å². The van der Waals surface area contributed by atoms with E-state index in [0.29, 0.717) is 9.75 Å². The maximum absolute atomic E-state index is 12.6. The molecule has 2 aromatic heterocycles. The molecule has 7 nitrogen and oxygen atoms in total. The monoisotopic (exact) mass is 452 g/mol. The zero-order valence-electron chi connectivity index (χ0n) is 14.7. The molecule has 0 saturated heterocycles. The molecule has 8 heteroatoms. The van der Waals surface area contributed by atoms with Gasteiger partial charge in [0.1, 0.15) is 0 Å². The van der Waals surface area contributed by atoms with E-state index in [4.69, 9.17) is 0 Å². The van der Waals surface area contributed by atoms with Crippen LogP contribution in [-0.4, -0.2) is 39.5 Å². The van der Waals surface area contributed by atoms with Crippen LogP contribution in [0.5, 0.6) is 0 Å². The summed E-state index contributed by atoms with van der Waals surface area (Å²) in [6, 6.07) is 0.211. The topological polar surface area (TPSA) is 84.7 Å². The minimum absolute atomic E-state index is 0.140. The molecule has 2 aliphatic carbocycles. The summed E-state index contributed by atoms with van der Waals surface area (Å²) in [6.45, 7) is 4.21. The van der Waals surface area contributed by atoms with E-state index in [2.05, 4.69) is 66.6 Å². The van der Waals surface area contributed by atoms with E-state index in [9.17, 15) is 4.79 Å². The number of halogens is 1. The van der Waals surface area contributed by atoms with E-state index in [-0.39, 0.29) is 17.4 Å². The van der Waals surface area contributed by atoms with Crippen molar-refractivity contribution in [2.75, 3.05) is 19.4 Å². The van der Waals surface area contributed by atoms with Gasteiger partial charge in [0.25, 0.3) is 0 Å². The second kappa shape index (κ2) is 5.65. The Morgan fingerprint density at radius 2 is 2.12 bits per heavy atom. The van der Waals surface area contributed by atoms with Gasteiger partial charge < -0.3 is 15.2 Å². The summed E-state index contributed by atoms with van der Waals surface area (Å²) in [4.78, 5) is 26.2. The van der Waals surface area contributed by atoms with Gasteiger partial charge in [0.05, 0.1) is 11.7 Å². The third-order valence-electron chi connectivity index (χ3n) is 5.66. The first-order valence-corrected chi connectivity index (χ1v) is 9.48. The Hall–Kier alpha value is -1.71. The maximum Gasteiger partial charge on any atom is 0.230 e. The number of hydrogen-bond acceptors (Lipinski definition) is 5. The van der Waals surface area contributed by atoms with Crippen LogP contribution in [0.15, 0.2) is 17.5 Å². The molecule has 1 amide bonds. The van der Waals surface area contributed by atoms with Gasteiger partial charge in [-0.05, 0) is 32.6 Å². The van der Waals surface area contributed by atoms with E-state index in [1.54, 1.807) is 7.05 Å². The SMILES string of the molecule is CNC(=O)[C@@]12C[C@@H]1[C@H](n1cnc3c(NC)nc(I)nc31)CC2=C(C)C. The molecule has 132 valence electrons. The highest BCUT2D eigenvalue weighted by Crippen LogP contribution is 2.71. The Morgan fingerprint density at radius 3 is 2.76 bits per heavy atom. The van der Waals surface area contributed by atoms with Gasteiger partial charge in [-0.25, -0.2) is 15.0 Å². The predicted molar refractivity (Wildman–Crippen MR) is 104 cm³/mol. The Morgan fingerprint density at radius 1 is 1.36 bits per heavy atom. The number of amides is 1. The summed E-state index contributed by atoms with van der Waals surface area (Å²) < 4.78 is 2.83. The number of carbonyl (C=O) groups is 1. The predicted octanol–water partition coefficient (Wildman–Crippen LogP) is 2.51. The number of hydrogen-bond donors (Lipinski definition) is 2. The molecule has 0 spiro atoms. The second-order valence-electron chi connectivity index (χ2n) is 7.03. The van der Waals surface area contributed by atoms with E-state index in [1.807, 2.05) is 13.4 Å². The van der Waals surface area contributed by atoms with Gasteiger partial charge in [0.15, 0.2) is 20.8 Å². The van der Waals surface area contributed by atoms with Crippen LogP contribution in [0.4, 0.5) is 5.82 Å². The van der Waals surface area contributed by atoms with Crippen molar-refractivity contribution in [2.45, 2.75) is 32.7 Å². The van der Waals surface area contributed by atoms with E-state index in [1.165, 1.54) is 11.1 Å². The van der Waals surface area contributed by atoms with Crippen LogP contribution in [0.25, 0.3) is 11.2 Å². The average molecular weight is 452 g/mol. The second-order valence-corrected chi connectivity index (χ2v) is 7.99. The first kappa shape index (κ1) is 16.7. The van der Waals surface area contributed by atoms with Crippen LogP contribution in [0.3, 0.4) is 0 Å². The van der Waals surface area contributed by atoms with Crippen molar-refractivity contribution in [2.24, 2.45) is 11.3 Å². The van der Waals surface area contributed by atoms with E-state index in [0.717, 1.165) is 29.8 Å². The molecule has 2 aliphatic rings. The third kappa shape index (κ3) is 2.22. The molecule has 0 radical (unpaired) electrons. The van der Waals surface area contributed by atoms with E-state index < -0.39 is 0 Å². The zero-order chi connectivity index (χ0) is 17.9. The number of allylic oxidation sites excluding steroid dienone is 1. The van der Waals surface area contributed by atoms with Gasteiger partial charge in [-0.15, -0.1) is 0 Å². The molecule has 25 heavy (non-hydrogen) atoms. The maximum atomic E-state index is 12.6. The standard InChI is InChI=1S/C17H21IN6O/c1-8(2)9-5-11(10-6-17(9,10)15(25)20-4)24-7-21-12-13(19-3)22-16(18)23-14(12)24/h7,10-11H,5-6H2,1-4H3,(H,20,25)(H,19,22,23)/t10-,11-,17-/m1/s1.